The van der Waals surface area contributed by atoms with Gasteiger partial charge in [0.1, 0.15) is 0 Å². The third-order valence-electron chi connectivity index (χ3n) is 2.97. The van der Waals surface area contributed by atoms with Crippen LogP contribution in [-0.4, -0.2) is 25.5 Å². The van der Waals surface area contributed by atoms with Gasteiger partial charge in [0.05, 0.1) is 4.88 Å². The van der Waals surface area contributed by atoms with Crippen molar-refractivity contribution in [2.24, 2.45) is 0 Å². The molecule has 0 aliphatic heterocycles. The molecule has 0 aliphatic rings. The van der Waals surface area contributed by atoms with Gasteiger partial charge in [-0.3, -0.25) is 4.79 Å². The zero-order valence-electron chi connectivity index (χ0n) is 12.1. The number of hydrogen-bond acceptors (Lipinski definition) is 3. The van der Waals surface area contributed by atoms with Gasteiger partial charge in [0.2, 0.25) is 0 Å². The second-order valence-corrected chi connectivity index (χ2v) is 5.45. The molecule has 0 fully saturated rings. The largest absolute Gasteiger partial charge is 0.350 e. The Hall–Kier alpha value is -1.36. The van der Waals surface area contributed by atoms with Crippen molar-refractivity contribution in [3.63, 3.8) is 0 Å². The van der Waals surface area contributed by atoms with Crippen molar-refractivity contribution in [2.75, 3.05) is 19.6 Å². The molecule has 114 valence electrons. The average Bonchev–Trinajstić information content (AvgIpc) is 2.97. The lowest BCUT2D eigenvalue weighted by Gasteiger charge is -2.07. The number of thiophene rings is 1. The van der Waals surface area contributed by atoms with Crippen molar-refractivity contribution < 1.29 is 4.79 Å². The van der Waals surface area contributed by atoms with Crippen molar-refractivity contribution in [2.45, 2.75) is 13.3 Å². The quantitative estimate of drug-likeness (QED) is 0.764. The fourth-order valence-corrected chi connectivity index (χ4v) is 2.81. The summed E-state index contributed by atoms with van der Waals surface area (Å²) in [6, 6.07) is 12.0. The maximum Gasteiger partial charge on any atom is 0.262 e. The summed E-state index contributed by atoms with van der Waals surface area (Å²) in [6.07, 6.45) is 1.11. The summed E-state index contributed by atoms with van der Waals surface area (Å²) < 4.78 is 0. The van der Waals surface area contributed by atoms with E-state index in [0.29, 0.717) is 6.54 Å². The molecule has 0 bridgehead atoms. The number of nitrogens with one attached hydrogen (secondary N) is 2. The Morgan fingerprint density at radius 2 is 1.86 bits per heavy atom. The number of halogens is 1. The highest BCUT2D eigenvalue weighted by atomic mass is 35.5. The monoisotopic (exact) mass is 324 g/mol. The highest BCUT2D eigenvalue weighted by molar-refractivity contribution is 7.12. The van der Waals surface area contributed by atoms with Gasteiger partial charge in [-0.15, -0.1) is 23.7 Å². The van der Waals surface area contributed by atoms with E-state index in [-0.39, 0.29) is 18.3 Å². The molecule has 0 saturated carbocycles. The summed E-state index contributed by atoms with van der Waals surface area (Å²) in [7, 11) is 0. The van der Waals surface area contributed by atoms with E-state index in [1.807, 2.05) is 41.8 Å². The zero-order valence-corrected chi connectivity index (χ0v) is 13.7. The summed E-state index contributed by atoms with van der Waals surface area (Å²) in [6.45, 7) is 4.59. The normalized spacial score (nSPS) is 9.95. The third-order valence-corrected chi connectivity index (χ3v) is 3.88. The molecule has 1 aromatic carbocycles. The highest BCUT2D eigenvalue weighted by Gasteiger charge is 2.13. The van der Waals surface area contributed by atoms with Crippen molar-refractivity contribution in [3.05, 3.63) is 46.7 Å². The lowest BCUT2D eigenvalue weighted by atomic mass is 10.1. The van der Waals surface area contributed by atoms with Gasteiger partial charge in [-0.2, -0.15) is 0 Å². The van der Waals surface area contributed by atoms with Crippen LogP contribution in [0.15, 0.2) is 41.8 Å². The Morgan fingerprint density at radius 1 is 1.10 bits per heavy atom. The van der Waals surface area contributed by atoms with Gasteiger partial charge in [-0.05, 0) is 30.0 Å². The van der Waals surface area contributed by atoms with Crippen molar-refractivity contribution in [1.29, 1.82) is 0 Å². The molecule has 1 aromatic heterocycles. The number of benzene rings is 1. The number of rotatable bonds is 7. The zero-order chi connectivity index (χ0) is 14.2. The van der Waals surface area contributed by atoms with E-state index in [2.05, 4.69) is 17.6 Å². The minimum atomic E-state index is 0. The first-order valence-electron chi connectivity index (χ1n) is 6.94. The lowest BCUT2D eigenvalue weighted by Crippen LogP contribution is -2.31. The maximum atomic E-state index is 12.2. The number of carbonyl (C=O) groups excluding carboxylic acids is 1. The molecule has 0 spiro atoms. The predicted octanol–water partition coefficient (Wildman–Crippen LogP) is 3.57. The molecule has 0 saturated heterocycles. The first-order valence-corrected chi connectivity index (χ1v) is 7.82. The van der Waals surface area contributed by atoms with E-state index in [9.17, 15) is 4.79 Å². The van der Waals surface area contributed by atoms with E-state index in [1.54, 1.807) is 0 Å². The second-order valence-electron chi connectivity index (χ2n) is 4.54. The smallest absolute Gasteiger partial charge is 0.262 e. The predicted molar refractivity (Wildman–Crippen MR) is 92.5 cm³/mol. The number of carbonyl (C=O) groups is 1. The molecule has 5 heteroatoms. The van der Waals surface area contributed by atoms with Crippen LogP contribution in [0, 0.1) is 0 Å². The Bertz CT molecular complexity index is 542. The van der Waals surface area contributed by atoms with Crippen molar-refractivity contribution >= 4 is 29.7 Å². The van der Waals surface area contributed by atoms with Gasteiger partial charge in [0.15, 0.2) is 0 Å². The fourth-order valence-electron chi connectivity index (χ4n) is 1.98. The van der Waals surface area contributed by atoms with Crippen LogP contribution in [0.2, 0.25) is 0 Å². The molecule has 21 heavy (non-hydrogen) atoms. The molecule has 2 N–H and O–H groups in total. The maximum absolute atomic E-state index is 12.2. The summed E-state index contributed by atoms with van der Waals surface area (Å²) in [5.41, 5.74) is 2.10. The topological polar surface area (TPSA) is 41.1 Å². The van der Waals surface area contributed by atoms with Crippen LogP contribution >= 0.6 is 23.7 Å². The minimum Gasteiger partial charge on any atom is -0.350 e. The summed E-state index contributed by atoms with van der Waals surface area (Å²) in [5, 5.41) is 8.20. The molecule has 0 aliphatic carbocycles. The van der Waals surface area contributed by atoms with Gasteiger partial charge in [0, 0.05) is 18.7 Å². The molecular formula is C16H21ClN2OS. The molecule has 1 amide bonds. The average molecular weight is 325 g/mol. The van der Waals surface area contributed by atoms with E-state index < -0.39 is 0 Å². The highest BCUT2D eigenvalue weighted by Crippen LogP contribution is 2.27. The van der Waals surface area contributed by atoms with Gasteiger partial charge < -0.3 is 10.6 Å². The minimum absolute atomic E-state index is 0. The standard InChI is InChI=1S/C16H20N2OS.ClH/c1-2-9-17-10-11-18-16(19)15-14(8-12-20-15)13-6-4-3-5-7-13;/h3-8,12,17H,2,9-11H2,1H3,(H,18,19);1H. The van der Waals surface area contributed by atoms with Gasteiger partial charge in [0.25, 0.3) is 5.91 Å². The van der Waals surface area contributed by atoms with E-state index in [0.717, 1.165) is 35.5 Å². The lowest BCUT2D eigenvalue weighted by molar-refractivity contribution is 0.0958. The van der Waals surface area contributed by atoms with E-state index in [1.165, 1.54) is 11.3 Å². The van der Waals surface area contributed by atoms with Gasteiger partial charge in [-0.1, -0.05) is 37.3 Å². The van der Waals surface area contributed by atoms with Crippen LogP contribution < -0.4 is 10.6 Å². The van der Waals surface area contributed by atoms with Crippen LogP contribution in [0.5, 0.6) is 0 Å². The number of amides is 1. The van der Waals surface area contributed by atoms with E-state index in [4.69, 9.17) is 0 Å². The van der Waals surface area contributed by atoms with Crippen LogP contribution in [-0.2, 0) is 0 Å². The first kappa shape index (κ1) is 17.7. The fraction of sp³-hybridized carbons (Fsp3) is 0.312. The summed E-state index contributed by atoms with van der Waals surface area (Å²) >= 11 is 1.49. The van der Waals surface area contributed by atoms with Crippen LogP contribution in [0.1, 0.15) is 23.0 Å². The Balaban J connectivity index is 0.00000220. The van der Waals surface area contributed by atoms with Gasteiger partial charge in [-0.25, -0.2) is 0 Å². The second kappa shape index (κ2) is 9.55. The molecule has 2 aromatic rings. The molecule has 1 heterocycles. The van der Waals surface area contributed by atoms with Gasteiger partial charge >= 0.3 is 0 Å². The summed E-state index contributed by atoms with van der Waals surface area (Å²) in [4.78, 5) is 13.0. The summed E-state index contributed by atoms with van der Waals surface area (Å²) in [5.74, 6) is 0.0113. The van der Waals surface area contributed by atoms with Crippen LogP contribution in [0.4, 0.5) is 0 Å². The number of hydrogen-bond donors (Lipinski definition) is 2. The molecular weight excluding hydrogens is 304 g/mol. The molecule has 0 radical (unpaired) electrons. The van der Waals surface area contributed by atoms with Crippen molar-refractivity contribution in [1.82, 2.24) is 10.6 Å². The van der Waals surface area contributed by atoms with Crippen molar-refractivity contribution in [3.8, 4) is 11.1 Å². The Kier molecular flexibility index (Phi) is 8.05. The molecule has 0 unspecified atom stereocenters. The molecule has 2 rings (SSSR count). The molecule has 0 atom stereocenters. The first-order chi connectivity index (χ1) is 9.83. The van der Waals surface area contributed by atoms with Crippen LogP contribution in [0.3, 0.4) is 0 Å². The van der Waals surface area contributed by atoms with E-state index >= 15 is 0 Å². The SMILES string of the molecule is CCCNCCNC(=O)c1sccc1-c1ccccc1.Cl. The Morgan fingerprint density at radius 3 is 2.57 bits per heavy atom. The van der Waals surface area contributed by atoms with Crippen LogP contribution in [0.25, 0.3) is 11.1 Å². The Labute approximate surface area is 136 Å². The third kappa shape index (κ3) is 5.16. The molecule has 3 nitrogen and oxygen atoms in total.